The van der Waals surface area contributed by atoms with Gasteiger partial charge in [0.05, 0.1) is 35.8 Å². The molecule has 7 nitrogen and oxygen atoms in total. The molecule has 2 fully saturated rings. The van der Waals surface area contributed by atoms with Gasteiger partial charge >= 0.3 is 5.97 Å². The Balaban J connectivity index is 1.66. The number of aliphatic hydroxyl groups is 1. The Labute approximate surface area is 216 Å². The molecule has 0 radical (unpaired) electrons. The van der Waals surface area contributed by atoms with Gasteiger partial charge in [-0.05, 0) is 50.3 Å². The number of fused-ring (bicyclic) bond motifs is 2. The lowest BCUT2D eigenvalue weighted by Gasteiger charge is -2.38. The van der Waals surface area contributed by atoms with Crippen LogP contribution in [-0.4, -0.2) is 69.6 Å². The summed E-state index contributed by atoms with van der Waals surface area (Å²) >= 11 is 1.53. The molecule has 1 aromatic rings. The Morgan fingerprint density at radius 2 is 2.00 bits per heavy atom. The van der Waals surface area contributed by atoms with E-state index in [0.29, 0.717) is 19.6 Å². The summed E-state index contributed by atoms with van der Waals surface area (Å²) in [6.07, 6.45) is 10.1. The molecule has 4 heterocycles. The Hall–Kier alpha value is -2.58. The van der Waals surface area contributed by atoms with Crippen molar-refractivity contribution in [3.63, 3.8) is 0 Å². The number of amides is 2. The highest BCUT2D eigenvalue weighted by molar-refractivity contribution is 8.02. The van der Waals surface area contributed by atoms with Gasteiger partial charge < -0.3 is 19.6 Å². The molecule has 192 valence electrons. The van der Waals surface area contributed by atoms with Gasteiger partial charge in [-0.15, -0.1) is 11.8 Å². The lowest BCUT2D eigenvalue weighted by atomic mass is 9.78. The van der Waals surface area contributed by atoms with Crippen LogP contribution >= 0.6 is 11.8 Å². The van der Waals surface area contributed by atoms with E-state index in [9.17, 15) is 19.5 Å². The summed E-state index contributed by atoms with van der Waals surface area (Å²) in [4.78, 5) is 45.3. The number of hydrogen-bond acceptors (Lipinski definition) is 6. The van der Waals surface area contributed by atoms with E-state index in [1.807, 2.05) is 57.2 Å². The molecule has 2 saturated heterocycles. The first kappa shape index (κ1) is 25.1. The summed E-state index contributed by atoms with van der Waals surface area (Å²) in [5.41, 5.74) is 2.84. The van der Waals surface area contributed by atoms with Gasteiger partial charge in [-0.25, -0.2) is 0 Å². The number of benzene rings is 1. The third-order valence-electron chi connectivity index (χ3n) is 8.02. The van der Waals surface area contributed by atoms with Crippen molar-refractivity contribution in [3.05, 3.63) is 53.6 Å². The average Bonchev–Trinajstić information content (AvgIpc) is 3.27. The van der Waals surface area contributed by atoms with E-state index >= 15 is 0 Å². The molecule has 1 aromatic carbocycles. The van der Waals surface area contributed by atoms with Crippen molar-refractivity contribution in [2.24, 2.45) is 11.8 Å². The van der Waals surface area contributed by atoms with Crippen LogP contribution in [0.3, 0.4) is 0 Å². The molecule has 0 aliphatic carbocycles. The molecule has 2 amide bonds. The summed E-state index contributed by atoms with van der Waals surface area (Å²) in [5.74, 6) is -2.19. The molecule has 5 rings (SSSR count). The fourth-order valence-electron chi connectivity index (χ4n) is 6.23. The molecule has 0 aromatic heterocycles. The number of hydrogen-bond donors (Lipinski definition) is 1. The van der Waals surface area contributed by atoms with Crippen LogP contribution in [0, 0.1) is 25.7 Å². The number of thioether (sulfide) groups is 1. The number of carbonyl (C=O) groups is 3. The van der Waals surface area contributed by atoms with Crippen molar-refractivity contribution in [2.45, 2.75) is 62.1 Å². The summed E-state index contributed by atoms with van der Waals surface area (Å²) in [6.45, 7) is 6.33. The highest BCUT2D eigenvalue weighted by Gasteiger charge is 2.71. The summed E-state index contributed by atoms with van der Waals surface area (Å²) in [7, 11) is 0. The molecule has 6 atom stereocenters. The molecular weight excluding hydrogens is 476 g/mol. The van der Waals surface area contributed by atoms with Crippen molar-refractivity contribution < 1.29 is 24.2 Å². The smallest absolute Gasteiger partial charge is 0.311 e. The van der Waals surface area contributed by atoms with Gasteiger partial charge in [0.1, 0.15) is 6.04 Å². The zero-order chi connectivity index (χ0) is 25.6. The molecule has 0 bridgehead atoms. The summed E-state index contributed by atoms with van der Waals surface area (Å²) in [6, 6.07) is 4.68. The monoisotopic (exact) mass is 510 g/mol. The van der Waals surface area contributed by atoms with Crippen molar-refractivity contribution in [1.29, 1.82) is 0 Å². The van der Waals surface area contributed by atoms with E-state index in [4.69, 9.17) is 4.74 Å². The van der Waals surface area contributed by atoms with Crippen LogP contribution in [0.4, 0.5) is 5.69 Å². The highest BCUT2D eigenvalue weighted by atomic mass is 32.2. The topological polar surface area (TPSA) is 87.2 Å². The van der Waals surface area contributed by atoms with Crippen LogP contribution in [0.1, 0.15) is 37.3 Å². The predicted octanol–water partition coefficient (Wildman–Crippen LogP) is 3.17. The zero-order valence-corrected chi connectivity index (χ0v) is 21.9. The number of carbonyl (C=O) groups excluding carboxylic acids is 3. The summed E-state index contributed by atoms with van der Waals surface area (Å²) < 4.78 is 4.69. The Morgan fingerprint density at radius 3 is 2.75 bits per heavy atom. The third kappa shape index (κ3) is 3.80. The second-order valence-electron chi connectivity index (χ2n) is 10.2. The first-order valence-corrected chi connectivity index (χ1v) is 13.7. The van der Waals surface area contributed by atoms with Crippen molar-refractivity contribution in [2.75, 3.05) is 24.7 Å². The molecule has 0 saturated carbocycles. The molecule has 4 aliphatic rings. The minimum atomic E-state index is -0.916. The van der Waals surface area contributed by atoms with Crippen molar-refractivity contribution >= 4 is 35.2 Å². The van der Waals surface area contributed by atoms with Crippen LogP contribution in [0.25, 0.3) is 0 Å². The highest BCUT2D eigenvalue weighted by Crippen LogP contribution is 2.61. The predicted molar refractivity (Wildman–Crippen MR) is 140 cm³/mol. The normalized spacial score (nSPS) is 33.6. The minimum absolute atomic E-state index is 0.173. The number of likely N-dealkylation sites (tertiary alicyclic amines) is 1. The van der Waals surface area contributed by atoms with Crippen LogP contribution in [-0.2, 0) is 19.1 Å². The van der Waals surface area contributed by atoms with Crippen LogP contribution < -0.4 is 4.90 Å². The first-order chi connectivity index (χ1) is 17.3. The fourth-order valence-corrected chi connectivity index (χ4v) is 8.21. The minimum Gasteiger partial charge on any atom is -0.465 e. The molecule has 8 heteroatoms. The molecular formula is C28H34N2O5S. The van der Waals surface area contributed by atoms with Gasteiger partial charge in [0.2, 0.25) is 5.91 Å². The number of rotatable bonds is 4. The Kier molecular flexibility index (Phi) is 6.76. The van der Waals surface area contributed by atoms with Crippen LogP contribution in [0.2, 0.25) is 0 Å². The quantitative estimate of drug-likeness (QED) is 0.495. The number of aliphatic hydroxyl groups excluding tert-OH is 1. The Bertz CT molecular complexity index is 1130. The molecule has 4 aliphatic heterocycles. The second-order valence-corrected chi connectivity index (χ2v) is 11.7. The standard InChI is InChI=1S/C28H34N2O5S/c1-4-19(16-31)30-24-26(33)29(20-15-17(2)10-11-18(20)3)13-8-12-28(24)23(25(30)32)22-21(36-28)9-6-5-7-14-35-27(22)34/h6,8-12,15,19,21-24,31H,4-5,7,13-14,16H2,1-3H3/b9-6-/t19-,21+,22-,23-,24?,28-/m0/s1. The maximum Gasteiger partial charge on any atom is 0.311 e. The van der Waals surface area contributed by atoms with E-state index in [0.717, 1.165) is 29.7 Å². The third-order valence-corrected chi connectivity index (χ3v) is 9.76. The molecule has 1 spiro atoms. The lowest BCUT2D eigenvalue weighted by molar-refractivity contribution is -0.153. The van der Waals surface area contributed by atoms with Gasteiger partial charge in [-0.1, -0.05) is 43.4 Å². The van der Waals surface area contributed by atoms with Crippen molar-refractivity contribution in [1.82, 2.24) is 4.90 Å². The maximum atomic E-state index is 14.5. The van der Waals surface area contributed by atoms with Crippen LogP contribution in [0.5, 0.6) is 0 Å². The number of aryl methyl sites for hydroxylation is 2. The number of esters is 1. The molecule has 1 N–H and O–H groups in total. The summed E-state index contributed by atoms with van der Waals surface area (Å²) in [5, 5.41) is 9.98. The fraction of sp³-hybridized carbons (Fsp3) is 0.536. The largest absolute Gasteiger partial charge is 0.465 e. The van der Waals surface area contributed by atoms with Crippen molar-refractivity contribution in [3.8, 4) is 0 Å². The average molecular weight is 511 g/mol. The lowest BCUT2D eigenvalue weighted by Crippen LogP contribution is -2.56. The first-order valence-electron chi connectivity index (χ1n) is 12.8. The number of cyclic esters (lactones) is 1. The van der Waals surface area contributed by atoms with Gasteiger partial charge in [0.15, 0.2) is 0 Å². The number of ether oxygens (including phenoxy) is 1. The SMILES string of the molecule is CC[C@@H](CO)N1C(=O)[C@@H]2[C@H]3C(=O)OCCC/C=C\[C@H]3S[C@@]23C=CCN(c2cc(C)ccc2C)C(=O)C13. The van der Waals surface area contributed by atoms with E-state index in [2.05, 4.69) is 6.08 Å². The van der Waals surface area contributed by atoms with E-state index in [-0.39, 0.29) is 29.6 Å². The molecule has 1 unspecified atom stereocenters. The Morgan fingerprint density at radius 1 is 1.19 bits per heavy atom. The zero-order valence-electron chi connectivity index (χ0n) is 21.1. The molecule has 36 heavy (non-hydrogen) atoms. The van der Waals surface area contributed by atoms with E-state index in [1.165, 1.54) is 11.8 Å². The number of nitrogens with zero attached hydrogens (tertiary/aromatic N) is 2. The van der Waals surface area contributed by atoms with Gasteiger partial charge in [-0.3, -0.25) is 14.4 Å². The van der Waals surface area contributed by atoms with Gasteiger partial charge in [0.25, 0.3) is 5.91 Å². The van der Waals surface area contributed by atoms with E-state index < -0.39 is 28.7 Å². The van der Waals surface area contributed by atoms with Gasteiger partial charge in [-0.2, -0.15) is 0 Å². The maximum absolute atomic E-state index is 14.5. The van der Waals surface area contributed by atoms with Gasteiger partial charge in [0, 0.05) is 17.5 Å². The second kappa shape index (κ2) is 9.71. The number of allylic oxidation sites excluding steroid dienone is 1. The number of anilines is 1. The van der Waals surface area contributed by atoms with E-state index in [1.54, 1.807) is 9.80 Å². The van der Waals surface area contributed by atoms with Crippen LogP contribution in [0.15, 0.2) is 42.5 Å².